The number of nitrogens with one attached hydrogen (secondary N) is 1. The molecule has 1 saturated heterocycles. The number of rotatable bonds is 4. The molecular weight excluding hydrogens is 364 g/mol. The van der Waals surface area contributed by atoms with Crippen molar-refractivity contribution in [2.45, 2.75) is 65.0 Å². The SMILES string of the molecule is CC(C)C(NC(=O)OC(C)(C)C)C(=O)N1CCC(c2ccc(Cl)cc2)CC1. The van der Waals surface area contributed by atoms with Crippen molar-refractivity contribution >= 4 is 23.6 Å². The monoisotopic (exact) mass is 394 g/mol. The van der Waals surface area contributed by atoms with E-state index in [1.54, 1.807) is 20.8 Å². The van der Waals surface area contributed by atoms with Gasteiger partial charge in [0, 0.05) is 18.1 Å². The Bertz CT molecular complexity index is 644. The number of halogens is 1. The fourth-order valence-electron chi connectivity index (χ4n) is 3.31. The van der Waals surface area contributed by atoms with Crippen LogP contribution in [-0.4, -0.2) is 41.6 Å². The van der Waals surface area contributed by atoms with Crippen LogP contribution >= 0.6 is 11.6 Å². The van der Waals surface area contributed by atoms with Crippen LogP contribution in [-0.2, 0) is 9.53 Å². The molecule has 1 unspecified atom stereocenters. The molecule has 0 aromatic heterocycles. The van der Waals surface area contributed by atoms with Gasteiger partial charge in [0.25, 0.3) is 0 Å². The zero-order chi connectivity index (χ0) is 20.2. The molecule has 1 N–H and O–H groups in total. The molecule has 2 rings (SSSR count). The summed E-state index contributed by atoms with van der Waals surface area (Å²) in [6.07, 6.45) is 1.26. The Labute approximate surface area is 167 Å². The molecule has 0 radical (unpaired) electrons. The number of ether oxygens (including phenoxy) is 1. The van der Waals surface area contributed by atoms with E-state index in [1.807, 2.05) is 30.9 Å². The molecule has 0 bridgehead atoms. The van der Waals surface area contributed by atoms with Gasteiger partial charge >= 0.3 is 6.09 Å². The summed E-state index contributed by atoms with van der Waals surface area (Å²) in [5.74, 6) is 0.382. The summed E-state index contributed by atoms with van der Waals surface area (Å²) >= 11 is 5.96. The number of piperidine rings is 1. The third-order valence-electron chi connectivity index (χ3n) is 4.75. The van der Waals surface area contributed by atoms with Crippen LogP contribution in [0.25, 0.3) is 0 Å². The molecule has 0 spiro atoms. The second-order valence-corrected chi connectivity index (χ2v) is 8.96. The normalized spacial score (nSPS) is 16.9. The van der Waals surface area contributed by atoms with Gasteiger partial charge in [0.1, 0.15) is 11.6 Å². The highest BCUT2D eigenvalue weighted by Gasteiger charge is 2.32. The van der Waals surface area contributed by atoms with Gasteiger partial charge in [-0.3, -0.25) is 4.79 Å². The lowest BCUT2D eigenvalue weighted by molar-refractivity contribution is -0.135. The zero-order valence-electron chi connectivity index (χ0n) is 16.9. The third-order valence-corrected chi connectivity index (χ3v) is 5.00. The van der Waals surface area contributed by atoms with E-state index in [1.165, 1.54) is 5.56 Å². The fraction of sp³-hybridized carbons (Fsp3) is 0.619. The second kappa shape index (κ2) is 8.96. The van der Waals surface area contributed by atoms with Crippen molar-refractivity contribution in [2.24, 2.45) is 5.92 Å². The predicted molar refractivity (Wildman–Crippen MR) is 108 cm³/mol. The molecule has 1 heterocycles. The number of hydrogen-bond acceptors (Lipinski definition) is 3. The van der Waals surface area contributed by atoms with Crippen LogP contribution in [0.4, 0.5) is 4.79 Å². The van der Waals surface area contributed by atoms with Gasteiger partial charge in [0.15, 0.2) is 0 Å². The standard InChI is InChI=1S/C21H31ClN2O3/c1-14(2)18(23-20(26)27-21(3,4)5)19(25)24-12-10-16(11-13-24)15-6-8-17(22)9-7-15/h6-9,14,16,18H,10-13H2,1-5H3,(H,23,26). The molecule has 2 amide bonds. The fourth-order valence-corrected chi connectivity index (χ4v) is 3.44. The lowest BCUT2D eigenvalue weighted by Gasteiger charge is -2.35. The van der Waals surface area contributed by atoms with Crippen LogP contribution in [0.1, 0.15) is 58.9 Å². The molecule has 0 aliphatic carbocycles. The second-order valence-electron chi connectivity index (χ2n) is 8.52. The Morgan fingerprint density at radius 3 is 2.19 bits per heavy atom. The summed E-state index contributed by atoms with van der Waals surface area (Å²) in [7, 11) is 0. The first-order valence-electron chi connectivity index (χ1n) is 9.60. The van der Waals surface area contributed by atoms with Crippen LogP contribution in [0.15, 0.2) is 24.3 Å². The van der Waals surface area contributed by atoms with Gasteiger partial charge in [-0.2, -0.15) is 0 Å². The summed E-state index contributed by atoms with van der Waals surface area (Å²) in [5, 5.41) is 3.49. The van der Waals surface area contributed by atoms with E-state index in [0.717, 1.165) is 17.9 Å². The summed E-state index contributed by atoms with van der Waals surface area (Å²) in [4.78, 5) is 26.9. The molecule has 27 heavy (non-hydrogen) atoms. The summed E-state index contributed by atoms with van der Waals surface area (Å²) in [6.45, 7) is 10.7. The van der Waals surface area contributed by atoms with E-state index in [-0.39, 0.29) is 11.8 Å². The first-order chi connectivity index (χ1) is 12.6. The van der Waals surface area contributed by atoms with Crippen LogP contribution in [0.3, 0.4) is 0 Å². The largest absolute Gasteiger partial charge is 0.444 e. The van der Waals surface area contributed by atoms with Crippen molar-refractivity contribution in [3.05, 3.63) is 34.9 Å². The smallest absolute Gasteiger partial charge is 0.408 e. The number of nitrogens with zero attached hydrogens (tertiary/aromatic N) is 1. The number of alkyl carbamates (subject to hydrolysis) is 1. The number of hydrogen-bond donors (Lipinski definition) is 1. The minimum Gasteiger partial charge on any atom is -0.444 e. The van der Waals surface area contributed by atoms with Gasteiger partial charge in [-0.15, -0.1) is 0 Å². The lowest BCUT2D eigenvalue weighted by atomic mass is 9.89. The lowest BCUT2D eigenvalue weighted by Crippen LogP contribution is -2.53. The molecule has 5 nitrogen and oxygen atoms in total. The third kappa shape index (κ3) is 6.42. The molecule has 1 aromatic carbocycles. The van der Waals surface area contributed by atoms with E-state index < -0.39 is 17.7 Å². The van der Waals surface area contributed by atoms with Gasteiger partial charge in [-0.05, 0) is 63.1 Å². The number of likely N-dealkylation sites (tertiary alicyclic amines) is 1. The maximum absolute atomic E-state index is 13.0. The van der Waals surface area contributed by atoms with Crippen molar-refractivity contribution in [3.63, 3.8) is 0 Å². The average molecular weight is 395 g/mol. The molecule has 1 aliphatic rings. The van der Waals surface area contributed by atoms with Crippen LogP contribution < -0.4 is 5.32 Å². The van der Waals surface area contributed by atoms with Crippen molar-refractivity contribution in [1.82, 2.24) is 10.2 Å². The van der Waals surface area contributed by atoms with Gasteiger partial charge in [0.05, 0.1) is 0 Å². The van der Waals surface area contributed by atoms with E-state index in [2.05, 4.69) is 17.4 Å². The Morgan fingerprint density at radius 1 is 1.15 bits per heavy atom. The van der Waals surface area contributed by atoms with Crippen LogP contribution in [0.2, 0.25) is 5.02 Å². The average Bonchev–Trinajstić information content (AvgIpc) is 2.58. The maximum atomic E-state index is 13.0. The summed E-state index contributed by atoms with van der Waals surface area (Å²) in [5.41, 5.74) is 0.671. The molecule has 150 valence electrons. The highest BCUT2D eigenvalue weighted by atomic mass is 35.5. The molecular formula is C21H31ClN2O3. The number of carbonyl (C=O) groups is 2. The minimum atomic E-state index is -0.592. The Kier molecular flexibility index (Phi) is 7.15. The van der Waals surface area contributed by atoms with Gasteiger partial charge in [0.2, 0.25) is 5.91 Å². The molecule has 1 aromatic rings. The molecule has 1 atom stereocenters. The predicted octanol–water partition coefficient (Wildman–Crippen LogP) is 4.60. The van der Waals surface area contributed by atoms with E-state index in [9.17, 15) is 9.59 Å². The Hall–Kier alpha value is -1.75. The van der Waals surface area contributed by atoms with Crippen LogP contribution in [0, 0.1) is 5.92 Å². The van der Waals surface area contributed by atoms with E-state index in [0.29, 0.717) is 19.0 Å². The van der Waals surface area contributed by atoms with Crippen molar-refractivity contribution in [2.75, 3.05) is 13.1 Å². The summed E-state index contributed by atoms with van der Waals surface area (Å²) < 4.78 is 5.31. The van der Waals surface area contributed by atoms with Crippen LogP contribution in [0.5, 0.6) is 0 Å². The molecule has 1 fully saturated rings. The highest BCUT2D eigenvalue weighted by Crippen LogP contribution is 2.29. The molecule has 6 heteroatoms. The van der Waals surface area contributed by atoms with E-state index >= 15 is 0 Å². The maximum Gasteiger partial charge on any atom is 0.408 e. The zero-order valence-corrected chi connectivity index (χ0v) is 17.7. The van der Waals surface area contributed by atoms with Gasteiger partial charge in [-0.1, -0.05) is 37.6 Å². The first-order valence-corrected chi connectivity index (χ1v) is 9.98. The van der Waals surface area contributed by atoms with E-state index in [4.69, 9.17) is 16.3 Å². The number of amides is 2. The van der Waals surface area contributed by atoms with Gasteiger partial charge in [-0.25, -0.2) is 4.79 Å². The van der Waals surface area contributed by atoms with Crippen molar-refractivity contribution in [3.8, 4) is 0 Å². The minimum absolute atomic E-state index is 0.0148. The molecule has 1 aliphatic heterocycles. The van der Waals surface area contributed by atoms with Crippen molar-refractivity contribution < 1.29 is 14.3 Å². The first kappa shape index (κ1) is 21.5. The van der Waals surface area contributed by atoms with Crippen molar-refractivity contribution in [1.29, 1.82) is 0 Å². The topological polar surface area (TPSA) is 58.6 Å². The Morgan fingerprint density at radius 2 is 1.70 bits per heavy atom. The summed E-state index contributed by atoms with van der Waals surface area (Å²) in [6, 6.07) is 7.37. The quantitative estimate of drug-likeness (QED) is 0.812. The highest BCUT2D eigenvalue weighted by molar-refractivity contribution is 6.30. The van der Waals surface area contributed by atoms with Gasteiger partial charge < -0.3 is 15.0 Å². The number of carbonyl (C=O) groups excluding carboxylic acids is 2. The number of benzene rings is 1. The molecule has 0 saturated carbocycles. The Balaban J connectivity index is 1.95.